The van der Waals surface area contributed by atoms with Crippen LogP contribution in [0.1, 0.15) is 37.3 Å². The van der Waals surface area contributed by atoms with Crippen molar-refractivity contribution in [2.24, 2.45) is 0 Å². The van der Waals surface area contributed by atoms with Gasteiger partial charge in [0.2, 0.25) is 0 Å². The minimum Gasteiger partial charge on any atom is -0.179 e. The van der Waals surface area contributed by atoms with E-state index in [4.69, 9.17) is 24.3 Å². The predicted octanol–water partition coefficient (Wildman–Crippen LogP) is 6.71. The van der Waals surface area contributed by atoms with Crippen molar-refractivity contribution in [3.05, 3.63) is 65.4 Å². The average molecular weight is 443 g/mol. The van der Waals surface area contributed by atoms with E-state index in [2.05, 4.69) is 55.6 Å². The minimum atomic E-state index is -0.556. The Morgan fingerprint density at radius 2 is 1.77 bits per heavy atom. The molecule has 0 fully saturated rings. The molecular formula is C20H26Cl2NOSiTi-2. The van der Waals surface area contributed by atoms with Gasteiger partial charge in [-0.25, -0.2) is 0 Å². The van der Waals surface area contributed by atoms with Gasteiger partial charge in [0.05, 0.1) is 0 Å². The van der Waals surface area contributed by atoms with E-state index in [1.54, 1.807) is 0 Å². The molecule has 1 N–H and O–H groups in total. The molecule has 2 nitrogen and oxygen atoms in total. The second kappa shape index (κ2) is 16.6. The van der Waals surface area contributed by atoms with Crippen molar-refractivity contribution < 1.29 is 21.8 Å². The maximum absolute atomic E-state index is 9.87. The first-order valence-corrected chi connectivity index (χ1v) is 15.2. The van der Waals surface area contributed by atoms with Crippen LogP contribution in [0.2, 0.25) is 13.1 Å². The Morgan fingerprint density at radius 3 is 2.31 bits per heavy atom. The van der Waals surface area contributed by atoms with Crippen molar-refractivity contribution in [2.45, 2.75) is 45.7 Å². The summed E-state index contributed by atoms with van der Waals surface area (Å²) in [5.41, 5.74) is 12.0. The van der Waals surface area contributed by atoms with Crippen molar-refractivity contribution in [1.82, 2.24) is 0 Å². The standard InChI is InChI=1S/C13H9.C5H11NO.C2H7Si.2ClH.Ti/c1-3-7-12-10(5-1)9-11-6-2-4-8-13(11)12;1-2-3-4-5(6)7;1-3-2;;;/h1-5,7-8H,9H2;2-4H2,1H3,(H2,6,7);3H,1-2H3;2*1H;/q-1;;;;;+2/p-3. The molecule has 0 aromatic heterocycles. The third-order valence-electron chi connectivity index (χ3n) is 3.37. The van der Waals surface area contributed by atoms with Gasteiger partial charge in [0.25, 0.3) is 0 Å². The second-order valence-electron chi connectivity index (χ2n) is 5.57. The average Bonchev–Trinajstić information content (AvgIpc) is 3.00. The quantitative estimate of drug-likeness (QED) is 0.328. The van der Waals surface area contributed by atoms with Crippen LogP contribution in [0.3, 0.4) is 0 Å². The summed E-state index contributed by atoms with van der Waals surface area (Å²) in [5, 5.41) is 0. The summed E-state index contributed by atoms with van der Waals surface area (Å²) in [6.45, 7) is 6.42. The van der Waals surface area contributed by atoms with Gasteiger partial charge in [-0.05, 0) is 19.3 Å². The number of nitrogens with one attached hydrogen (secondary N) is 1. The van der Waals surface area contributed by atoms with Crippen LogP contribution in [0.4, 0.5) is 0 Å². The van der Waals surface area contributed by atoms with Crippen molar-refractivity contribution in [3.63, 3.8) is 0 Å². The Bertz CT molecular complexity index is 595. The molecule has 0 unspecified atom stereocenters. The van der Waals surface area contributed by atoms with E-state index >= 15 is 0 Å². The van der Waals surface area contributed by atoms with Gasteiger partial charge in [0.1, 0.15) is 0 Å². The molecule has 0 atom stereocenters. The fourth-order valence-corrected chi connectivity index (χ4v) is 2.33. The number of hydrogen-bond donors (Lipinski definition) is 0. The molecule has 2 aromatic carbocycles. The number of benzene rings is 2. The predicted molar refractivity (Wildman–Crippen MR) is 113 cm³/mol. The van der Waals surface area contributed by atoms with Crippen molar-refractivity contribution in [1.29, 1.82) is 0 Å². The summed E-state index contributed by atoms with van der Waals surface area (Å²) in [4.78, 5) is 9.87. The van der Waals surface area contributed by atoms with Crippen LogP contribution in [-0.4, -0.2) is 15.4 Å². The molecule has 26 heavy (non-hydrogen) atoms. The Hall–Kier alpha value is -0.579. The van der Waals surface area contributed by atoms with Gasteiger partial charge in [-0.15, -0.1) is 5.56 Å². The summed E-state index contributed by atoms with van der Waals surface area (Å²) in [6, 6.07) is 18.1. The van der Waals surface area contributed by atoms with Gasteiger partial charge in [0.15, 0.2) is 0 Å². The molecule has 1 aliphatic rings. The molecular weight excluding hydrogens is 417 g/mol. The number of hydrogen-bond acceptors (Lipinski definition) is 1. The van der Waals surface area contributed by atoms with Crippen LogP contribution in [0, 0.1) is 6.07 Å². The van der Waals surface area contributed by atoms with E-state index in [1.165, 1.54) is 22.3 Å². The van der Waals surface area contributed by atoms with E-state index in [9.17, 15) is 4.79 Å². The maximum Gasteiger partial charge on any atom is -0.0253 e. The number of unbranched alkanes of at least 4 members (excludes halogenated alkanes) is 1. The van der Waals surface area contributed by atoms with Crippen LogP contribution >= 0.6 is 18.6 Å². The van der Waals surface area contributed by atoms with Crippen LogP contribution < -0.4 is 0 Å². The molecule has 0 heterocycles. The van der Waals surface area contributed by atoms with Gasteiger partial charge in [-0.1, -0.05) is 61.8 Å². The topological polar surface area (TPSA) is 40.9 Å². The molecule has 2 aromatic rings. The molecule has 3 rings (SSSR count). The smallest absolute Gasteiger partial charge is 0.0253 e. The van der Waals surface area contributed by atoms with Gasteiger partial charge >= 0.3 is 35.6 Å². The summed E-state index contributed by atoms with van der Waals surface area (Å²) < 4.78 is 0. The van der Waals surface area contributed by atoms with E-state index in [0.717, 1.165) is 28.8 Å². The third-order valence-corrected chi connectivity index (χ3v) is 3.37. The third kappa shape index (κ3) is 10.5. The van der Waals surface area contributed by atoms with Crippen molar-refractivity contribution in [2.75, 3.05) is 0 Å². The molecule has 0 bridgehead atoms. The maximum atomic E-state index is 9.87. The summed E-state index contributed by atoms with van der Waals surface area (Å²) in [5.74, 6) is -0.443. The van der Waals surface area contributed by atoms with Crippen LogP contribution in [0.15, 0.2) is 42.5 Å². The van der Waals surface area contributed by atoms with E-state index in [-0.39, 0.29) is 0 Å². The first-order valence-electron chi connectivity index (χ1n) is 8.58. The SMILES string of the molecule is CCCCC([NH-])=O.C[SiH]C.[Cl][Ti][Cl].[c-]1cccc2c1Cc1ccccc1-2. The van der Waals surface area contributed by atoms with Gasteiger partial charge in [-0.3, -0.25) is 0 Å². The Balaban J connectivity index is 0.000000411. The number of rotatable bonds is 3. The largest absolute Gasteiger partial charge is 0.179 e. The summed E-state index contributed by atoms with van der Waals surface area (Å²) in [6.07, 6.45) is 3.34. The zero-order valence-electron chi connectivity index (χ0n) is 15.6. The molecule has 1 amide bonds. The van der Waals surface area contributed by atoms with Crippen molar-refractivity contribution >= 4 is 34.0 Å². The second-order valence-corrected chi connectivity index (χ2v) is 9.31. The number of halogens is 2. The zero-order valence-corrected chi connectivity index (χ0v) is 19.8. The first-order chi connectivity index (χ1) is 12.5. The number of carbonyl (C=O) groups is 1. The molecule has 141 valence electrons. The summed E-state index contributed by atoms with van der Waals surface area (Å²) in [7, 11) is 10.5. The Labute approximate surface area is 177 Å². The summed E-state index contributed by atoms with van der Waals surface area (Å²) >= 11 is -0.556. The van der Waals surface area contributed by atoms with Gasteiger partial charge < -0.3 is 10.5 Å². The Morgan fingerprint density at radius 1 is 1.19 bits per heavy atom. The molecule has 1 aliphatic carbocycles. The van der Waals surface area contributed by atoms with E-state index in [0.29, 0.717) is 6.42 Å². The van der Waals surface area contributed by atoms with Crippen LogP contribution in [-0.2, 0) is 28.2 Å². The fourth-order valence-electron chi connectivity index (χ4n) is 2.33. The first kappa shape index (κ1) is 25.4. The molecule has 0 spiro atoms. The molecule has 1 radical (unpaired) electrons. The molecule has 0 aliphatic heterocycles. The minimum absolute atomic E-state index is 0.427. The van der Waals surface area contributed by atoms with Crippen LogP contribution in [0.25, 0.3) is 16.9 Å². The zero-order chi connectivity index (χ0) is 19.8. The number of fused-ring (bicyclic) bond motifs is 3. The Kier molecular flexibility index (Phi) is 16.2. The molecule has 0 saturated carbocycles. The van der Waals surface area contributed by atoms with Gasteiger partial charge in [-0.2, -0.15) is 29.8 Å². The van der Waals surface area contributed by atoms with E-state index in [1.807, 2.05) is 13.0 Å². The molecule has 6 heteroatoms. The van der Waals surface area contributed by atoms with Crippen molar-refractivity contribution in [3.8, 4) is 11.1 Å². The monoisotopic (exact) mass is 442 g/mol. The van der Waals surface area contributed by atoms with Gasteiger partial charge in [0, 0.05) is 15.4 Å². The number of carbonyl (C=O) groups excluding carboxylic acids is 1. The van der Waals surface area contributed by atoms with E-state index < -0.39 is 22.9 Å². The van der Waals surface area contributed by atoms with Crippen LogP contribution in [0.5, 0.6) is 0 Å². The fraction of sp³-hybridized carbons (Fsp3) is 0.350. The molecule has 0 saturated heterocycles. The normalized spacial score (nSPS) is 9.73. The number of amides is 1.